The molecule has 0 radical (unpaired) electrons. The summed E-state index contributed by atoms with van der Waals surface area (Å²) >= 11 is 0. The van der Waals surface area contributed by atoms with E-state index in [1.165, 1.54) is 6.07 Å². The van der Waals surface area contributed by atoms with Gasteiger partial charge in [0.15, 0.2) is 5.82 Å². The average Bonchev–Trinajstić information content (AvgIpc) is 2.16. The highest BCUT2D eigenvalue weighted by molar-refractivity contribution is 5.49. The first-order valence-corrected chi connectivity index (χ1v) is 3.62. The van der Waals surface area contributed by atoms with Gasteiger partial charge >= 0.3 is 0 Å². The molecule has 1 aromatic carbocycles. The lowest BCUT2D eigenvalue weighted by Gasteiger charge is -1.99. The van der Waals surface area contributed by atoms with Crippen molar-refractivity contribution in [2.45, 2.75) is 0 Å². The van der Waals surface area contributed by atoms with E-state index >= 15 is 0 Å². The van der Waals surface area contributed by atoms with E-state index in [-0.39, 0.29) is 11.4 Å². The van der Waals surface area contributed by atoms with Gasteiger partial charge < -0.3 is 10.6 Å². The van der Waals surface area contributed by atoms with E-state index in [2.05, 4.69) is 5.43 Å². The van der Waals surface area contributed by atoms with Gasteiger partial charge in [-0.15, -0.1) is 10.1 Å². The van der Waals surface area contributed by atoms with E-state index in [0.29, 0.717) is 0 Å². The number of nitrogens with two attached hydrogens (primary N) is 1. The summed E-state index contributed by atoms with van der Waals surface area (Å²) in [7, 11) is 0. The fourth-order valence-corrected chi connectivity index (χ4v) is 0.735. The van der Waals surface area contributed by atoms with Crippen LogP contribution < -0.4 is 11.3 Å². The van der Waals surface area contributed by atoms with Gasteiger partial charge in [-0.1, -0.05) is 0 Å². The number of rotatable bonds is 2. The Bertz CT molecular complexity index is 395. The average molecular weight is 234 g/mol. The molecule has 0 aliphatic rings. The molecule has 0 fully saturated rings. The predicted octanol–water partition coefficient (Wildman–Crippen LogP) is 0.672. The first-order valence-electron chi connectivity index (χ1n) is 3.62. The van der Waals surface area contributed by atoms with Crippen LogP contribution in [0.5, 0.6) is 0 Å². The summed E-state index contributed by atoms with van der Waals surface area (Å²) in [5.41, 5.74) is 1.79. The lowest BCUT2D eigenvalue weighted by atomic mass is 10.3. The highest BCUT2D eigenvalue weighted by atomic mass is 19.1. The molecule has 0 atom stereocenters. The van der Waals surface area contributed by atoms with Crippen molar-refractivity contribution in [1.29, 1.82) is 0 Å². The summed E-state index contributed by atoms with van der Waals surface area (Å²) in [6, 6.07) is 3.17. The Labute approximate surface area is 87.5 Å². The zero-order valence-corrected chi connectivity index (χ0v) is 7.66. The van der Waals surface area contributed by atoms with Crippen LogP contribution in [-0.4, -0.2) is 15.2 Å². The van der Waals surface area contributed by atoms with Gasteiger partial charge in [0.25, 0.3) is 10.8 Å². The maximum Gasteiger partial charge on any atom is 0.291 e. The largest absolute Gasteiger partial charge is 0.328 e. The van der Waals surface area contributed by atoms with Crippen molar-refractivity contribution in [1.82, 2.24) is 0 Å². The molecular weight excluding hydrogens is 227 g/mol. The molecule has 1 rings (SSSR count). The summed E-state index contributed by atoms with van der Waals surface area (Å²) in [5, 5.41) is 23.8. The molecule has 10 heteroatoms. The van der Waals surface area contributed by atoms with E-state index in [4.69, 9.17) is 21.2 Å². The standard InChI is InChI=1S/C6H6FN3O2.HNO3/c7-5-3-4(10(11)12)1-2-6(5)9-8;2-1(3)4/h1-3,9H,8H2;(H,2,3,4). The third-order valence-electron chi connectivity index (χ3n) is 1.32. The number of nitrogen functional groups attached to an aromatic ring is 1. The normalized spacial score (nSPS) is 8.62. The molecule has 16 heavy (non-hydrogen) atoms. The molecule has 0 aromatic heterocycles. The van der Waals surface area contributed by atoms with Crippen molar-refractivity contribution < 1.29 is 19.6 Å². The minimum Gasteiger partial charge on any atom is -0.328 e. The summed E-state index contributed by atoms with van der Waals surface area (Å²) in [6.45, 7) is 0. The molecule has 0 amide bonds. The smallest absolute Gasteiger partial charge is 0.291 e. The number of hydrazine groups is 1. The summed E-state index contributed by atoms with van der Waals surface area (Å²) in [6.07, 6.45) is 0. The maximum atomic E-state index is 12.8. The van der Waals surface area contributed by atoms with Crippen molar-refractivity contribution in [3.8, 4) is 0 Å². The van der Waals surface area contributed by atoms with Gasteiger partial charge in [-0.3, -0.25) is 16.0 Å². The number of halogens is 1. The summed E-state index contributed by atoms with van der Waals surface area (Å²) in [4.78, 5) is 17.8. The van der Waals surface area contributed by atoms with Gasteiger partial charge in [-0.2, -0.15) is 0 Å². The third-order valence-corrected chi connectivity index (χ3v) is 1.32. The van der Waals surface area contributed by atoms with Gasteiger partial charge in [0.1, 0.15) is 0 Å². The molecule has 0 heterocycles. The Balaban J connectivity index is 0.000000487. The summed E-state index contributed by atoms with van der Waals surface area (Å²) < 4.78 is 12.8. The number of hydrogen-bond acceptors (Lipinski definition) is 6. The van der Waals surface area contributed by atoms with Crippen LogP contribution >= 0.6 is 0 Å². The molecule has 0 spiro atoms. The Morgan fingerprint density at radius 3 is 2.19 bits per heavy atom. The minimum absolute atomic E-state index is 0.0283. The Kier molecular flexibility index (Phi) is 5.13. The first-order chi connectivity index (χ1) is 7.38. The first kappa shape index (κ1) is 13.5. The van der Waals surface area contributed by atoms with Crippen LogP contribution in [0.3, 0.4) is 0 Å². The fourth-order valence-electron chi connectivity index (χ4n) is 0.735. The number of nitrogens with one attached hydrogen (secondary N) is 1. The molecule has 0 bridgehead atoms. The lowest BCUT2D eigenvalue weighted by Crippen LogP contribution is -2.08. The van der Waals surface area contributed by atoms with Crippen molar-refractivity contribution in [3.63, 3.8) is 0 Å². The molecule has 1 aromatic rings. The molecule has 0 aliphatic heterocycles. The molecule has 0 saturated carbocycles. The minimum atomic E-state index is -1.50. The highest BCUT2D eigenvalue weighted by Crippen LogP contribution is 2.19. The van der Waals surface area contributed by atoms with Gasteiger partial charge in [-0.05, 0) is 6.07 Å². The van der Waals surface area contributed by atoms with Gasteiger partial charge in [0, 0.05) is 6.07 Å². The van der Waals surface area contributed by atoms with Crippen molar-refractivity contribution in [2.75, 3.05) is 5.43 Å². The number of non-ortho nitro benzene ring substituents is 1. The molecule has 9 nitrogen and oxygen atoms in total. The highest BCUT2D eigenvalue weighted by Gasteiger charge is 2.08. The number of hydrogen-bond donors (Lipinski definition) is 3. The van der Waals surface area contributed by atoms with E-state index in [1.807, 2.05) is 0 Å². The van der Waals surface area contributed by atoms with Crippen LogP contribution in [0, 0.1) is 26.0 Å². The zero-order valence-electron chi connectivity index (χ0n) is 7.66. The second kappa shape index (κ2) is 6.08. The number of nitro benzene ring substituents is 1. The predicted molar refractivity (Wildman–Crippen MR) is 49.6 cm³/mol. The fraction of sp³-hybridized carbons (Fsp3) is 0. The Hall–Kier alpha value is -2.49. The summed E-state index contributed by atoms with van der Waals surface area (Å²) in [5.74, 6) is 4.17. The third kappa shape index (κ3) is 4.66. The second-order valence-electron chi connectivity index (χ2n) is 2.30. The molecule has 88 valence electrons. The van der Waals surface area contributed by atoms with Crippen LogP contribution in [-0.2, 0) is 0 Å². The molecule has 0 saturated heterocycles. The van der Waals surface area contributed by atoms with Crippen LogP contribution in [0.25, 0.3) is 0 Å². The topological polar surface area (TPSA) is 145 Å². The number of benzene rings is 1. The molecule has 4 N–H and O–H groups in total. The van der Waals surface area contributed by atoms with E-state index < -0.39 is 15.8 Å². The zero-order chi connectivity index (χ0) is 12.7. The van der Waals surface area contributed by atoms with Gasteiger partial charge in [-0.25, -0.2) is 4.39 Å². The van der Waals surface area contributed by atoms with E-state index in [1.54, 1.807) is 0 Å². The van der Waals surface area contributed by atoms with Crippen LogP contribution in [0.2, 0.25) is 0 Å². The second-order valence-corrected chi connectivity index (χ2v) is 2.30. The Morgan fingerprint density at radius 2 is 1.88 bits per heavy atom. The molecule has 0 unspecified atom stereocenters. The molecular formula is C6H7FN4O5. The maximum absolute atomic E-state index is 12.8. The lowest BCUT2D eigenvalue weighted by molar-refractivity contribution is -0.742. The number of anilines is 1. The Morgan fingerprint density at radius 1 is 1.38 bits per heavy atom. The van der Waals surface area contributed by atoms with Crippen LogP contribution in [0.1, 0.15) is 0 Å². The van der Waals surface area contributed by atoms with Crippen molar-refractivity contribution >= 4 is 11.4 Å². The number of nitrogens with zero attached hydrogens (tertiary/aromatic N) is 2. The van der Waals surface area contributed by atoms with Gasteiger partial charge in [0.2, 0.25) is 0 Å². The van der Waals surface area contributed by atoms with E-state index in [0.717, 1.165) is 12.1 Å². The number of nitro groups is 1. The van der Waals surface area contributed by atoms with Crippen molar-refractivity contribution in [2.24, 2.45) is 5.84 Å². The molecule has 0 aliphatic carbocycles. The van der Waals surface area contributed by atoms with Gasteiger partial charge in [0.05, 0.1) is 16.7 Å². The monoisotopic (exact) mass is 234 g/mol. The SMILES string of the molecule is NNc1ccc([N+](=O)[O-])cc1F.O=[N+]([O-])O. The van der Waals surface area contributed by atoms with E-state index in [9.17, 15) is 14.5 Å². The van der Waals surface area contributed by atoms with Crippen molar-refractivity contribution in [3.05, 3.63) is 44.2 Å². The van der Waals surface area contributed by atoms with Crippen LogP contribution in [0.15, 0.2) is 18.2 Å². The quantitative estimate of drug-likeness (QED) is 0.387. The van der Waals surface area contributed by atoms with Crippen LogP contribution in [0.4, 0.5) is 15.8 Å².